The summed E-state index contributed by atoms with van der Waals surface area (Å²) in [6.07, 6.45) is 1.04. The Balaban J connectivity index is 1.38. The molecule has 0 atom stereocenters. The van der Waals surface area contributed by atoms with E-state index in [1.807, 2.05) is 0 Å². The van der Waals surface area contributed by atoms with E-state index in [-0.39, 0.29) is 23.3 Å². The van der Waals surface area contributed by atoms with Crippen molar-refractivity contribution in [3.05, 3.63) is 72.1 Å². The number of hydrogen-bond donors (Lipinski definition) is 2. The maximum atomic E-state index is 14.4. The highest BCUT2D eigenvalue weighted by Gasteiger charge is 2.15. The second-order valence-electron chi connectivity index (χ2n) is 7.35. The lowest BCUT2D eigenvalue weighted by Crippen LogP contribution is -2.03. The van der Waals surface area contributed by atoms with Crippen LogP contribution in [0.5, 0.6) is 0 Å². The van der Waals surface area contributed by atoms with Crippen LogP contribution in [0.1, 0.15) is 21.1 Å². The first-order valence-corrected chi connectivity index (χ1v) is 10.2. The molecule has 2 aromatic carbocycles. The van der Waals surface area contributed by atoms with Crippen molar-refractivity contribution in [2.24, 2.45) is 0 Å². The zero-order valence-electron chi connectivity index (χ0n) is 18.4. The minimum atomic E-state index is -0.661. The van der Waals surface area contributed by atoms with Gasteiger partial charge < -0.3 is 28.9 Å². The number of aromatic nitrogens is 2. The first-order chi connectivity index (χ1) is 16.9. The average Bonchev–Trinajstić information content (AvgIpc) is 3.49. The van der Waals surface area contributed by atoms with Gasteiger partial charge in [-0.1, -0.05) is 0 Å². The van der Waals surface area contributed by atoms with Crippen molar-refractivity contribution >= 4 is 57.0 Å². The van der Waals surface area contributed by atoms with Crippen LogP contribution in [-0.4, -0.2) is 36.1 Å². The van der Waals surface area contributed by atoms with Gasteiger partial charge in [-0.2, -0.15) is 4.98 Å². The molecule has 0 aliphatic rings. The summed E-state index contributed by atoms with van der Waals surface area (Å²) in [6, 6.07) is 13.2. The van der Waals surface area contributed by atoms with Gasteiger partial charge in [0, 0.05) is 22.1 Å². The number of rotatable bonds is 6. The quantitative estimate of drug-likeness (QED) is 0.317. The number of esters is 2. The molecule has 0 unspecified atom stereocenters. The van der Waals surface area contributed by atoms with Gasteiger partial charge in [-0.25, -0.2) is 19.0 Å². The molecule has 0 bridgehead atoms. The monoisotopic (exact) mass is 476 g/mol. The van der Waals surface area contributed by atoms with E-state index in [9.17, 15) is 14.0 Å². The van der Waals surface area contributed by atoms with Crippen molar-refractivity contribution in [3.63, 3.8) is 0 Å². The molecule has 5 aromatic rings. The number of benzene rings is 2. The Hall–Kier alpha value is -4.93. The third-order valence-corrected chi connectivity index (χ3v) is 5.07. The molecule has 3 heterocycles. The zero-order valence-corrected chi connectivity index (χ0v) is 18.4. The summed E-state index contributed by atoms with van der Waals surface area (Å²) in [7, 11) is 2.53. The number of halogens is 1. The number of furan rings is 2. The fourth-order valence-corrected chi connectivity index (χ4v) is 3.43. The summed E-state index contributed by atoms with van der Waals surface area (Å²) in [6.45, 7) is 0. The van der Waals surface area contributed by atoms with Crippen LogP contribution in [-0.2, 0) is 9.47 Å². The largest absolute Gasteiger partial charge is 0.463 e. The van der Waals surface area contributed by atoms with Crippen LogP contribution in [0.15, 0.2) is 63.6 Å². The van der Waals surface area contributed by atoms with Crippen molar-refractivity contribution in [3.8, 4) is 0 Å². The predicted octanol–water partition coefficient (Wildman–Crippen LogP) is 5.17. The number of ether oxygens (including phenoxy) is 2. The van der Waals surface area contributed by atoms with Gasteiger partial charge in [0.1, 0.15) is 11.2 Å². The molecule has 11 heteroatoms. The number of methoxy groups -OCH3 is 2. The SMILES string of the molecule is COC(=O)c1cc2cc(Nc3ncc(F)c(Nc4ccc5oc(C(=O)OC)cc5c4)n3)ccc2o1. The van der Waals surface area contributed by atoms with Gasteiger partial charge >= 0.3 is 11.9 Å². The van der Waals surface area contributed by atoms with Gasteiger partial charge in [-0.05, 0) is 48.5 Å². The van der Waals surface area contributed by atoms with E-state index in [2.05, 4.69) is 30.1 Å². The van der Waals surface area contributed by atoms with Crippen LogP contribution in [0.3, 0.4) is 0 Å². The van der Waals surface area contributed by atoms with Crippen LogP contribution in [0.2, 0.25) is 0 Å². The highest BCUT2D eigenvalue weighted by atomic mass is 19.1. The Bertz CT molecular complexity index is 1590. The molecule has 2 N–H and O–H groups in total. The number of hydrogen-bond acceptors (Lipinski definition) is 10. The summed E-state index contributed by atoms with van der Waals surface area (Å²) in [5.41, 5.74) is 2.10. The first-order valence-electron chi connectivity index (χ1n) is 10.2. The van der Waals surface area contributed by atoms with E-state index < -0.39 is 17.8 Å². The molecular weight excluding hydrogens is 459 g/mol. The molecule has 0 saturated heterocycles. The molecule has 3 aromatic heterocycles. The van der Waals surface area contributed by atoms with Gasteiger partial charge in [0.2, 0.25) is 17.5 Å². The zero-order chi connectivity index (χ0) is 24.5. The number of carbonyl (C=O) groups is 2. The van der Waals surface area contributed by atoms with E-state index in [0.29, 0.717) is 33.3 Å². The highest BCUT2D eigenvalue weighted by Crippen LogP contribution is 2.28. The molecule has 35 heavy (non-hydrogen) atoms. The summed E-state index contributed by atoms with van der Waals surface area (Å²) >= 11 is 0. The molecule has 0 amide bonds. The van der Waals surface area contributed by atoms with Crippen molar-refractivity contribution < 1.29 is 32.3 Å². The molecule has 0 radical (unpaired) electrons. The normalized spacial score (nSPS) is 10.9. The number of carbonyl (C=O) groups excluding carboxylic acids is 2. The van der Waals surface area contributed by atoms with Crippen LogP contribution in [0, 0.1) is 5.82 Å². The third kappa shape index (κ3) is 4.34. The lowest BCUT2D eigenvalue weighted by Gasteiger charge is -2.09. The maximum Gasteiger partial charge on any atom is 0.373 e. The van der Waals surface area contributed by atoms with Crippen LogP contribution in [0.25, 0.3) is 21.9 Å². The number of nitrogens with one attached hydrogen (secondary N) is 2. The highest BCUT2D eigenvalue weighted by molar-refractivity contribution is 5.94. The fourth-order valence-electron chi connectivity index (χ4n) is 3.43. The Morgan fingerprint density at radius 3 is 1.91 bits per heavy atom. The predicted molar refractivity (Wildman–Crippen MR) is 124 cm³/mol. The second-order valence-corrected chi connectivity index (χ2v) is 7.35. The van der Waals surface area contributed by atoms with E-state index in [1.165, 1.54) is 20.3 Å². The van der Waals surface area contributed by atoms with E-state index in [1.54, 1.807) is 42.5 Å². The van der Waals surface area contributed by atoms with Gasteiger partial charge in [-0.3, -0.25) is 0 Å². The lowest BCUT2D eigenvalue weighted by atomic mass is 10.2. The van der Waals surface area contributed by atoms with Gasteiger partial charge in [-0.15, -0.1) is 0 Å². The summed E-state index contributed by atoms with van der Waals surface area (Å²) < 4.78 is 34.7. The lowest BCUT2D eigenvalue weighted by molar-refractivity contribution is 0.0559. The molecule has 176 valence electrons. The van der Waals surface area contributed by atoms with Gasteiger partial charge in [0.15, 0.2) is 11.6 Å². The van der Waals surface area contributed by atoms with Crippen LogP contribution < -0.4 is 10.6 Å². The standard InChI is InChI=1S/C24H17FN4O6/c1-32-22(30)19-9-12-7-14(3-5-17(12)34-19)27-21-16(25)11-26-24(29-21)28-15-4-6-18-13(8-15)10-20(35-18)23(31)33-2/h3-11H,1-2H3,(H2,26,27,28,29). The Labute approximate surface area is 196 Å². The Morgan fingerprint density at radius 1 is 0.829 bits per heavy atom. The van der Waals surface area contributed by atoms with Crippen molar-refractivity contribution in [1.82, 2.24) is 9.97 Å². The topological polar surface area (TPSA) is 129 Å². The number of fused-ring (bicyclic) bond motifs is 2. The Morgan fingerprint density at radius 2 is 1.37 bits per heavy atom. The van der Waals surface area contributed by atoms with Gasteiger partial charge in [0.25, 0.3) is 0 Å². The average molecular weight is 476 g/mol. The van der Waals surface area contributed by atoms with Crippen molar-refractivity contribution in [2.45, 2.75) is 0 Å². The summed E-state index contributed by atoms with van der Waals surface area (Å²) in [5, 5.41) is 7.20. The number of nitrogens with zero attached hydrogens (tertiary/aromatic N) is 2. The van der Waals surface area contributed by atoms with Crippen LogP contribution in [0.4, 0.5) is 27.5 Å². The molecule has 0 fully saturated rings. The maximum absolute atomic E-state index is 14.4. The summed E-state index contributed by atoms with van der Waals surface area (Å²) in [4.78, 5) is 31.6. The minimum Gasteiger partial charge on any atom is -0.463 e. The van der Waals surface area contributed by atoms with E-state index >= 15 is 0 Å². The van der Waals surface area contributed by atoms with Gasteiger partial charge in [0.05, 0.1) is 20.4 Å². The Kier molecular flexibility index (Phi) is 5.49. The number of anilines is 4. The molecule has 0 saturated carbocycles. The molecule has 0 spiro atoms. The summed E-state index contributed by atoms with van der Waals surface area (Å²) in [5.74, 6) is -1.61. The third-order valence-electron chi connectivity index (χ3n) is 5.07. The first kappa shape index (κ1) is 21.9. The van der Waals surface area contributed by atoms with Crippen LogP contribution >= 0.6 is 0 Å². The molecule has 10 nitrogen and oxygen atoms in total. The van der Waals surface area contributed by atoms with Crippen molar-refractivity contribution in [1.29, 1.82) is 0 Å². The smallest absolute Gasteiger partial charge is 0.373 e. The molecule has 0 aliphatic heterocycles. The molecular formula is C24H17FN4O6. The molecule has 0 aliphatic carbocycles. The molecule has 5 rings (SSSR count). The fraction of sp³-hybridized carbons (Fsp3) is 0.0833. The minimum absolute atomic E-state index is 0.0593. The second kappa shape index (κ2) is 8.78. The van der Waals surface area contributed by atoms with E-state index in [4.69, 9.17) is 8.83 Å². The van der Waals surface area contributed by atoms with Crippen molar-refractivity contribution in [2.75, 3.05) is 24.9 Å². The van der Waals surface area contributed by atoms with E-state index in [0.717, 1.165) is 6.20 Å².